The average molecular weight is 341 g/mol. The first-order valence-corrected chi connectivity index (χ1v) is 7.50. The summed E-state index contributed by atoms with van der Waals surface area (Å²) in [6, 6.07) is 4.81. The van der Waals surface area contributed by atoms with E-state index >= 15 is 0 Å². The van der Waals surface area contributed by atoms with Gasteiger partial charge in [-0.05, 0) is 19.1 Å². The molecular weight excluding hydrogens is 323 g/mol. The highest BCUT2D eigenvalue weighted by atomic mass is 19.4. The van der Waals surface area contributed by atoms with Crippen LogP contribution in [0.3, 0.4) is 0 Å². The molecule has 1 aromatic heterocycles. The van der Waals surface area contributed by atoms with Crippen molar-refractivity contribution in [2.24, 2.45) is 0 Å². The molecule has 6 nitrogen and oxygen atoms in total. The molecule has 2 heterocycles. The van der Waals surface area contributed by atoms with Gasteiger partial charge < -0.3 is 10.2 Å². The molecule has 130 valence electrons. The Hall–Kier alpha value is -2.34. The van der Waals surface area contributed by atoms with Crippen LogP contribution in [0.4, 0.5) is 19.0 Å². The van der Waals surface area contributed by atoms with Gasteiger partial charge in [0.1, 0.15) is 18.4 Å². The maximum absolute atomic E-state index is 12.2. The second kappa shape index (κ2) is 7.49. The molecule has 0 saturated carbocycles. The van der Waals surface area contributed by atoms with Crippen molar-refractivity contribution in [2.75, 3.05) is 37.6 Å². The van der Waals surface area contributed by atoms with Crippen molar-refractivity contribution in [2.45, 2.75) is 19.1 Å². The zero-order valence-corrected chi connectivity index (χ0v) is 13.2. The Labute approximate surface area is 137 Å². The van der Waals surface area contributed by atoms with Gasteiger partial charge in [0.2, 0.25) is 5.91 Å². The molecule has 1 fully saturated rings. The van der Waals surface area contributed by atoms with E-state index < -0.39 is 24.7 Å². The minimum atomic E-state index is -4.42. The van der Waals surface area contributed by atoms with Gasteiger partial charge in [-0.3, -0.25) is 9.69 Å². The fraction of sp³-hybridized carbons (Fsp3) is 0.533. The SMILES string of the molecule is CC(C(=O)NCC(F)(F)F)N1CCN(c2ncccc2C#N)CC1. The molecule has 1 unspecified atom stereocenters. The maximum atomic E-state index is 12.2. The van der Waals surface area contributed by atoms with E-state index in [1.807, 2.05) is 15.1 Å². The van der Waals surface area contributed by atoms with E-state index in [0.717, 1.165) is 0 Å². The van der Waals surface area contributed by atoms with Crippen molar-refractivity contribution in [3.8, 4) is 6.07 Å². The van der Waals surface area contributed by atoms with Crippen molar-refractivity contribution in [3.63, 3.8) is 0 Å². The van der Waals surface area contributed by atoms with E-state index in [-0.39, 0.29) is 0 Å². The number of halogens is 3. The van der Waals surface area contributed by atoms with E-state index in [1.165, 1.54) is 0 Å². The van der Waals surface area contributed by atoms with Gasteiger partial charge in [0, 0.05) is 32.4 Å². The standard InChI is InChI=1S/C15H18F3N5O/c1-11(14(24)21-10-15(16,17)18)22-5-7-23(8-6-22)13-12(9-19)3-2-4-20-13/h2-4,11H,5-8,10H2,1H3,(H,21,24). The number of hydrogen-bond donors (Lipinski definition) is 1. The van der Waals surface area contributed by atoms with Crippen molar-refractivity contribution < 1.29 is 18.0 Å². The Morgan fingerprint density at radius 1 is 1.42 bits per heavy atom. The van der Waals surface area contributed by atoms with Gasteiger partial charge in [0.05, 0.1) is 11.6 Å². The number of piperazine rings is 1. The lowest BCUT2D eigenvalue weighted by molar-refractivity contribution is -0.141. The minimum Gasteiger partial charge on any atom is -0.353 e. The van der Waals surface area contributed by atoms with Crippen molar-refractivity contribution in [3.05, 3.63) is 23.9 Å². The summed E-state index contributed by atoms with van der Waals surface area (Å²) in [5, 5.41) is 11.0. The third-order valence-corrected chi connectivity index (χ3v) is 3.91. The molecule has 1 atom stereocenters. The van der Waals surface area contributed by atoms with Crippen LogP contribution < -0.4 is 10.2 Å². The highest BCUT2D eigenvalue weighted by Crippen LogP contribution is 2.19. The molecule has 2 rings (SSSR count). The number of hydrogen-bond acceptors (Lipinski definition) is 5. The Morgan fingerprint density at radius 3 is 2.67 bits per heavy atom. The first-order chi connectivity index (χ1) is 11.3. The summed E-state index contributed by atoms with van der Waals surface area (Å²) < 4.78 is 36.5. The fourth-order valence-electron chi connectivity index (χ4n) is 2.56. The first kappa shape index (κ1) is 18.0. The highest BCUT2D eigenvalue weighted by Gasteiger charge is 2.31. The number of carbonyl (C=O) groups is 1. The van der Waals surface area contributed by atoms with Gasteiger partial charge >= 0.3 is 6.18 Å². The zero-order valence-electron chi connectivity index (χ0n) is 13.2. The molecule has 0 aliphatic carbocycles. The Balaban J connectivity index is 1.90. The summed E-state index contributed by atoms with van der Waals surface area (Å²) in [7, 11) is 0. The number of rotatable bonds is 4. The van der Waals surface area contributed by atoms with E-state index in [2.05, 4.69) is 11.1 Å². The summed E-state index contributed by atoms with van der Waals surface area (Å²) in [4.78, 5) is 19.8. The number of amides is 1. The van der Waals surface area contributed by atoms with E-state index in [0.29, 0.717) is 37.6 Å². The molecule has 1 amide bonds. The monoisotopic (exact) mass is 341 g/mol. The van der Waals surface area contributed by atoms with Gasteiger partial charge in [0.25, 0.3) is 0 Å². The molecule has 1 aliphatic rings. The third-order valence-electron chi connectivity index (χ3n) is 3.91. The summed E-state index contributed by atoms with van der Waals surface area (Å²) in [6.45, 7) is 2.35. The van der Waals surface area contributed by atoms with Crippen LogP contribution in [-0.4, -0.2) is 60.7 Å². The molecule has 24 heavy (non-hydrogen) atoms. The van der Waals surface area contributed by atoms with Gasteiger partial charge in [-0.1, -0.05) is 0 Å². The van der Waals surface area contributed by atoms with Crippen molar-refractivity contribution in [1.82, 2.24) is 15.2 Å². The Kier molecular flexibility index (Phi) is 5.62. The summed E-state index contributed by atoms with van der Waals surface area (Å²) in [5.41, 5.74) is 0.474. The molecule has 0 radical (unpaired) electrons. The number of nitriles is 1. The van der Waals surface area contributed by atoms with Crippen LogP contribution in [-0.2, 0) is 4.79 Å². The second-order valence-corrected chi connectivity index (χ2v) is 5.52. The number of anilines is 1. The molecule has 9 heteroatoms. The van der Waals surface area contributed by atoms with E-state index in [4.69, 9.17) is 5.26 Å². The molecular formula is C15H18F3N5O. The van der Waals surface area contributed by atoms with Crippen LogP contribution in [0, 0.1) is 11.3 Å². The molecule has 0 spiro atoms. The topological polar surface area (TPSA) is 72.3 Å². The van der Waals surface area contributed by atoms with Crippen molar-refractivity contribution in [1.29, 1.82) is 5.26 Å². The van der Waals surface area contributed by atoms with Crippen LogP contribution in [0.5, 0.6) is 0 Å². The van der Waals surface area contributed by atoms with Crippen LogP contribution >= 0.6 is 0 Å². The van der Waals surface area contributed by atoms with E-state index in [9.17, 15) is 18.0 Å². The number of carbonyl (C=O) groups excluding carboxylic acids is 1. The lowest BCUT2D eigenvalue weighted by Gasteiger charge is -2.38. The summed E-state index contributed by atoms with van der Waals surface area (Å²) in [6.07, 6.45) is -2.81. The predicted molar refractivity (Wildman–Crippen MR) is 81.3 cm³/mol. The largest absolute Gasteiger partial charge is 0.405 e. The van der Waals surface area contributed by atoms with Gasteiger partial charge in [-0.25, -0.2) is 4.98 Å². The number of nitrogens with zero attached hydrogens (tertiary/aromatic N) is 4. The maximum Gasteiger partial charge on any atom is 0.405 e. The minimum absolute atomic E-state index is 0.474. The third kappa shape index (κ3) is 4.58. The second-order valence-electron chi connectivity index (χ2n) is 5.52. The lowest BCUT2D eigenvalue weighted by atomic mass is 10.2. The normalized spacial score (nSPS) is 17.2. The van der Waals surface area contributed by atoms with Crippen LogP contribution in [0.2, 0.25) is 0 Å². The Bertz CT molecular complexity index is 620. The molecule has 1 saturated heterocycles. The zero-order chi connectivity index (χ0) is 17.7. The smallest absolute Gasteiger partial charge is 0.353 e. The molecule has 1 N–H and O–H groups in total. The average Bonchev–Trinajstić information content (AvgIpc) is 2.58. The lowest BCUT2D eigenvalue weighted by Crippen LogP contribution is -2.54. The van der Waals surface area contributed by atoms with Gasteiger partial charge in [0.15, 0.2) is 0 Å². The number of aromatic nitrogens is 1. The quantitative estimate of drug-likeness (QED) is 0.889. The molecule has 0 bridgehead atoms. The van der Waals surface area contributed by atoms with Gasteiger partial charge in [-0.2, -0.15) is 18.4 Å². The number of pyridine rings is 1. The fourth-order valence-corrected chi connectivity index (χ4v) is 2.56. The van der Waals surface area contributed by atoms with Crippen molar-refractivity contribution >= 4 is 11.7 Å². The predicted octanol–water partition coefficient (Wildman–Crippen LogP) is 1.14. The number of alkyl halides is 3. The Morgan fingerprint density at radius 2 is 2.08 bits per heavy atom. The number of nitrogens with one attached hydrogen (secondary N) is 1. The van der Waals surface area contributed by atoms with Crippen LogP contribution in [0.25, 0.3) is 0 Å². The summed E-state index contributed by atoms with van der Waals surface area (Å²) >= 11 is 0. The highest BCUT2D eigenvalue weighted by molar-refractivity contribution is 5.81. The van der Waals surface area contributed by atoms with Gasteiger partial charge in [-0.15, -0.1) is 0 Å². The first-order valence-electron chi connectivity index (χ1n) is 7.50. The van der Waals surface area contributed by atoms with E-state index in [1.54, 1.807) is 25.3 Å². The van der Waals surface area contributed by atoms with Crippen LogP contribution in [0.15, 0.2) is 18.3 Å². The molecule has 0 aromatic carbocycles. The summed E-state index contributed by atoms with van der Waals surface area (Å²) in [5.74, 6) is -0.0508. The molecule has 1 aromatic rings. The van der Waals surface area contributed by atoms with Crippen LogP contribution in [0.1, 0.15) is 12.5 Å². The molecule has 1 aliphatic heterocycles.